The average Bonchev–Trinajstić information content (AvgIpc) is 3.02. The summed E-state index contributed by atoms with van der Waals surface area (Å²) in [6.07, 6.45) is 12.7. The summed E-state index contributed by atoms with van der Waals surface area (Å²) in [4.78, 5) is 14.7. The van der Waals surface area contributed by atoms with E-state index in [-0.39, 0.29) is 0 Å². The standard InChI is InChI=1S/C24H40N6S/c1-18-14-19(2)17-30(16-18)22-15-21(29-12-8-5-9-13-29)26-23(27-22)28-24(31)25-20-10-6-3-4-7-11-20/h15,18-20H,3-14,16-17H2,1-2H3,(H2,25,26,27,28,31)/t18-,19-/m0/s1. The second-order valence-electron chi connectivity index (χ2n) is 10.1. The number of nitrogens with zero attached hydrogens (tertiary/aromatic N) is 4. The molecule has 1 aromatic heterocycles. The predicted molar refractivity (Wildman–Crippen MR) is 134 cm³/mol. The SMILES string of the molecule is C[C@H]1C[C@H](C)CN(c2cc(N3CCCCC3)nc(NC(=S)NC3CCCCCC3)n2)C1. The van der Waals surface area contributed by atoms with Crippen LogP contribution in [0.5, 0.6) is 0 Å². The van der Waals surface area contributed by atoms with E-state index in [4.69, 9.17) is 22.2 Å². The Bertz CT molecular complexity index is 717. The molecule has 31 heavy (non-hydrogen) atoms. The van der Waals surface area contributed by atoms with Crippen LogP contribution in [0.15, 0.2) is 6.07 Å². The van der Waals surface area contributed by atoms with E-state index in [2.05, 4.69) is 40.3 Å². The summed E-state index contributed by atoms with van der Waals surface area (Å²) in [6, 6.07) is 2.67. The third kappa shape index (κ3) is 6.43. The van der Waals surface area contributed by atoms with Gasteiger partial charge in [-0.3, -0.25) is 0 Å². The maximum Gasteiger partial charge on any atom is 0.232 e. The summed E-state index contributed by atoms with van der Waals surface area (Å²) in [5, 5.41) is 7.53. The first-order valence-electron chi connectivity index (χ1n) is 12.5. The number of rotatable bonds is 4. The Balaban J connectivity index is 1.51. The minimum atomic E-state index is 0.469. The molecule has 0 unspecified atom stereocenters. The number of hydrogen-bond donors (Lipinski definition) is 2. The Morgan fingerprint density at radius 3 is 2.10 bits per heavy atom. The van der Waals surface area contributed by atoms with E-state index in [0.29, 0.717) is 28.9 Å². The van der Waals surface area contributed by atoms with Crippen molar-refractivity contribution in [1.82, 2.24) is 15.3 Å². The molecule has 3 fully saturated rings. The van der Waals surface area contributed by atoms with E-state index < -0.39 is 0 Å². The van der Waals surface area contributed by atoms with Gasteiger partial charge in [-0.1, -0.05) is 39.5 Å². The molecule has 0 bridgehead atoms. The Labute approximate surface area is 193 Å². The van der Waals surface area contributed by atoms with Crippen molar-refractivity contribution in [2.45, 2.75) is 84.1 Å². The van der Waals surface area contributed by atoms with Crippen molar-refractivity contribution in [1.29, 1.82) is 0 Å². The van der Waals surface area contributed by atoms with Gasteiger partial charge in [-0.15, -0.1) is 0 Å². The third-order valence-electron chi connectivity index (χ3n) is 6.99. The van der Waals surface area contributed by atoms with Crippen molar-refractivity contribution in [3.63, 3.8) is 0 Å². The number of thiocarbonyl (C=S) groups is 1. The zero-order valence-corrected chi connectivity index (χ0v) is 20.2. The largest absolute Gasteiger partial charge is 0.360 e. The van der Waals surface area contributed by atoms with E-state index in [9.17, 15) is 0 Å². The molecule has 0 aromatic carbocycles. The van der Waals surface area contributed by atoms with Gasteiger partial charge in [-0.2, -0.15) is 9.97 Å². The average molecular weight is 445 g/mol. The second kappa shape index (κ2) is 10.8. The van der Waals surface area contributed by atoms with Crippen LogP contribution in [0.3, 0.4) is 0 Å². The van der Waals surface area contributed by atoms with Gasteiger partial charge in [-0.05, 0) is 62.6 Å². The highest BCUT2D eigenvalue weighted by Crippen LogP contribution is 2.29. The van der Waals surface area contributed by atoms with E-state index in [1.165, 1.54) is 64.2 Å². The molecular formula is C24H40N6S. The molecule has 6 nitrogen and oxygen atoms in total. The molecular weight excluding hydrogens is 404 g/mol. The molecule has 0 spiro atoms. The summed E-state index contributed by atoms with van der Waals surface area (Å²) in [7, 11) is 0. The van der Waals surface area contributed by atoms with Crippen LogP contribution in [0.2, 0.25) is 0 Å². The minimum Gasteiger partial charge on any atom is -0.360 e. The summed E-state index contributed by atoms with van der Waals surface area (Å²) in [6.45, 7) is 8.97. The number of nitrogens with one attached hydrogen (secondary N) is 2. The monoisotopic (exact) mass is 444 g/mol. The fourth-order valence-corrected chi connectivity index (χ4v) is 5.78. The van der Waals surface area contributed by atoms with Gasteiger partial charge in [0, 0.05) is 38.3 Å². The van der Waals surface area contributed by atoms with Crippen LogP contribution >= 0.6 is 12.2 Å². The zero-order chi connectivity index (χ0) is 21.6. The van der Waals surface area contributed by atoms with Gasteiger partial charge >= 0.3 is 0 Å². The van der Waals surface area contributed by atoms with Gasteiger partial charge in [0.2, 0.25) is 5.95 Å². The van der Waals surface area contributed by atoms with Crippen molar-refractivity contribution in [2.75, 3.05) is 41.3 Å². The Morgan fingerprint density at radius 2 is 1.45 bits per heavy atom. The molecule has 172 valence electrons. The highest BCUT2D eigenvalue weighted by molar-refractivity contribution is 7.80. The highest BCUT2D eigenvalue weighted by Gasteiger charge is 2.25. The Morgan fingerprint density at radius 1 is 0.871 bits per heavy atom. The lowest BCUT2D eigenvalue weighted by molar-refractivity contribution is 0.355. The smallest absolute Gasteiger partial charge is 0.232 e. The van der Waals surface area contributed by atoms with Crippen LogP contribution in [0, 0.1) is 11.8 Å². The summed E-state index contributed by atoms with van der Waals surface area (Å²) < 4.78 is 0. The van der Waals surface area contributed by atoms with Crippen LogP contribution in [0.25, 0.3) is 0 Å². The molecule has 2 atom stereocenters. The summed E-state index contributed by atoms with van der Waals surface area (Å²) in [5.41, 5.74) is 0. The molecule has 0 radical (unpaired) electrons. The zero-order valence-electron chi connectivity index (χ0n) is 19.4. The quantitative estimate of drug-likeness (QED) is 0.503. The summed E-state index contributed by atoms with van der Waals surface area (Å²) in [5.74, 6) is 4.08. The number of hydrogen-bond acceptors (Lipinski definition) is 5. The second-order valence-corrected chi connectivity index (χ2v) is 10.5. The maximum atomic E-state index is 5.67. The molecule has 1 aromatic rings. The third-order valence-corrected chi connectivity index (χ3v) is 7.21. The van der Waals surface area contributed by atoms with Crippen molar-refractivity contribution < 1.29 is 0 Å². The molecule has 4 rings (SSSR count). The van der Waals surface area contributed by atoms with Crippen molar-refractivity contribution in [3.8, 4) is 0 Å². The molecule has 1 aliphatic carbocycles. The first kappa shape index (κ1) is 22.6. The molecule has 7 heteroatoms. The lowest BCUT2D eigenvalue weighted by Crippen LogP contribution is -2.40. The van der Waals surface area contributed by atoms with Gasteiger partial charge in [-0.25, -0.2) is 0 Å². The molecule has 0 amide bonds. The fraction of sp³-hybridized carbons (Fsp3) is 0.792. The molecule has 2 aliphatic heterocycles. The van der Waals surface area contributed by atoms with Crippen LogP contribution in [-0.4, -0.2) is 47.3 Å². The van der Waals surface area contributed by atoms with E-state index in [0.717, 1.165) is 37.8 Å². The van der Waals surface area contributed by atoms with E-state index in [1.54, 1.807) is 0 Å². The Hall–Kier alpha value is -1.63. The van der Waals surface area contributed by atoms with Crippen molar-refractivity contribution in [2.24, 2.45) is 11.8 Å². The molecule has 3 aliphatic rings. The minimum absolute atomic E-state index is 0.469. The molecule has 3 heterocycles. The Kier molecular flexibility index (Phi) is 7.86. The lowest BCUT2D eigenvalue weighted by Gasteiger charge is -2.36. The van der Waals surface area contributed by atoms with Gasteiger partial charge in [0.25, 0.3) is 0 Å². The van der Waals surface area contributed by atoms with Crippen LogP contribution in [-0.2, 0) is 0 Å². The maximum absolute atomic E-state index is 5.67. The summed E-state index contributed by atoms with van der Waals surface area (Å²) >= 11 is 5.67. The lowest BCUT2D eigenvalue weighted by atomic mass is 9.92. The molecule has 2 saturated heterocycles. The van der Waals surface area contributed by atoms with Crippen molar-refractivity contribution in [3.05, 3.63) is 6.07 Å². The van der Waals surface area contributed by atoms with Gasteiger partial charge < -0.3 is 20.4 Å². The van der Waals surface area contributed by atoms with Gasteiger partial charge in [0.1, 0.15) is 11.6 Å². The van der Waals surface area contributed by atoms with E-state index in [1.807, 2.05) is 0 Å². The van der Waals surface area contributed by atoms with Crippen LogP contribution in [0.1, 0.15) is 78.1 Å². The first-order chi connectivity index (χ1) is 15.1. The number of anilines is 3. The predicted octanol–water partition coefficient (Wildman–Crippen LogP) is 4.96. The fourth-order valence-electron chi connectivity index (χ4n) is 5.52. The normalized spacial score (nSPS) is 25.7. The number of piperidine rings is 2. The first-order valence-corrected chi connectivity index (χ1v) is 12.9. The van der Waals surface area contributed by atoms with Crippen molar-refractivity contribution >= 4 is 34.9 Å². The molecule has 1 saturated carbocycles. The van der Waals surface area contributed by atoms with Gasteiger partial charge in [0.05, 0.1) is 0 Å². The van der Waals surface area contributed by atoms with E-state index >= 15 is 0 Å². The van der Waals surface area contributed by atoms with Crippen LogP contribution in [0.4, 0.5) is 17.6 Å². The van der Waals surface area contributed by atoms with Crippen LogP contribution < -0.4 is 20.4 Å². The topological polar surface area (TPSA) is 56.3 Å². The van der Waals surface area contributed by atoms with Gasteiger partial charge in [0.15, 0.2) is 5.11 Å². The molecule has 2 N–H and O–H groups in total. The number of aromatic nitrogens is 2. The highest BCUT2D eigenvalue weighted by atomic mass is 32.1.